The van der Waals surface area contributed by atoms with Crippen molar-refractivity contribution < 1.29 is 19.0 Å². The van der Waals surface area contributed by atoms with Crippen molar-refractivity contribution in [3.63, 3.8) is 0 Å². The van der Waals surface area contributed by atoms with Crippen LogP contribution in [-0.4, -0.2) is 48.5 Å². The van der Waals surface area contributed by atoms with E-state index in [2.05, 4.69) is 31.2 Å². The van der Waals surface area contributed by atoms with E-state index in [0.29, 0.717) is 5.92 Å². The van der Waals surface area contributed by atoms with Crippen LogP contribution in [0, 0.1) is 5.92 Å². The molecular weight excluding hydrogens is 402 g/mol. The zero-order chi connectivity index (χ0) is 22.7. The Balaban J connectivity index is 1.46. The number of fused-ring (bicyclic) bond motifs is 2. The van der Waals surface area contributed by atoms with Crippen LogP contribution in [0.5, 0.6) is 5.75 Å². The lowest BCUT2D eigenvalue weighted by atomic mass is 9.88. The summed E-state index contributed by atoms with van der Waals surface area (Å²) in [5.74, 6) is 1.53. The van der Waals surface area contributed by atoms with Gasteiger partial charge in [0.1, 0.15) is 11.4 Å². The highest BCUT2D eigenvalue weighted by molar-refractivity contribution is 5.74. The second kappa shape index (κ2) is 9.86. The van der Waals surface area contributed by atoms with Crippen LogP contribution in [0.25, 0.3) is 5.57 Å². The van der Waals surface area contributed by atoms with E-state index in [4.69, 9.17) is 14.2 Å². The molecule has 2 unspecified atom stereocenters. The second-order valence-electron chi connectivity index (χ2n) is 10.5. The van der Waals surface area contributed by atoms with Crippen LogP contribution in [0.2, 0.25) is 0 Å². The third kappa shape index (κ3) is 5.48. The summed E-state index contributed by atoms with van der Waals surface area (Å²) in [6, 6.07) is 9.07. The van der Waals surface area contributed by atoms with Crippen LogP contribution in [0.3, 0.4) is 0 Å². The first-order chi connectivity index (χ1) is 15.3. The van der Waals surface area contributed by atoms with Gasteiger partial charge in [-0.3, -0.25) is 0 Å². The van der Waals surface area contributed by atoms with Crippen molar-refractivity contribution in [2.45, 2.75) is 90.3 Å². The van der Waals surface area contributed by atoms with E-state index in [1.54, 1.807) is 0 Å². The molecule has 0 spiro atoms. The molecule has 2 fully saturated rings. The molecule has 1 amide bonds. The van der Waals surface area contributed by atoms with Crippen LogP contribution in [0.15, 0.2) is 29.8 Å². The Morgan fingerprint density at radius 3 is 2.31 bits per heavy atom. The van der Waals surface area contributed by atoms with Crippen molar-refractivity contribution in [1.29, 1.82) is 0 Å². The molecule has 0 aliphatic carbocycles. The quantitative estimate of drug-likeness (QED) is 0.544. The van der Waals surface area contributed by atoms with Crippen LogP contribution < -0.4 is 4.74 Å². The molecule has 2 atom stereocenters. The van der Waals surface area contributed by atoms with Gasteiger partial charge in [-0.2, -0.15) is 0 Å². The monoisotopic (exact) mass is 441 g/mol. The molecule has 3 heterocycles. The molecule has 3 aliphatic rings. The van der Waals surface area contributed by atoms with Gasteiger partial charge in [-0.25, -0.2) is 4.79 Å². The van der Waals surface area contributed by atoms with Gasteiger partial charge in [0.15, 0.2) is 0 Å². The summed E-state index contributed by atoms with van der Waals surface area (Å²) in [5.41, 5.74) is 3.68. The number of hydrogen-bond donors (Lipinski definition) is 0. The normalized spacial score (nSPS) is 24.4. The zero-order valence-electron chi connectivity index (χ0n) is 20.2. The van der Waals surface area contributed by atoms with E-state index in [1.165, 1.54) is 16.7 Å². The molecule has 0 aromatic heterocycles. The number of nitrogens with zero attached hydrogens (tertiary/aromatic N) is 1. The molecule has 2 bridgehead atoms. The number of carbonyl (C=O) groups is 1. The highest BCUT2D eigenvalue weighted by Crippen LogP contribution is 2.42. The maximum absolute atomic E-state index is 13.0. The molecule has 176 valence electrons. The van der Waals surface area contributed by atoms with Crippen molar-refractivity contribution in [3.05, 3.63) is 35.4 Å². The lowest BCUT2D eigenvalue weighted by molar-refractivity contribution is 0.0156. The SMILES string of the molecule is CCC1=C(c2ccc(OCC3CCOCC3)cc2)CC2CCC(C1)N2C(=O)OC(C)(C)C. The maximum Gasteiger partial charge on any atom is 0.410 e. The van der Waals surface area contributed by atoms with E-state index in [9.17, 15) is 4.79 Å². The average molecular weight is 442 g/mol. The molecule has 1 aromatic rings. The first-order valence-electron chi connectivity index (χ1n) is 12.4. The number of ether oxygens (including phenoxy) is 3. The van der Waals surface area contributed by atoms with Crippen molar-refractivity contribution in [3.8, 4) is 5.75 Å². The van der Waals surface area contributed by atoms with Crippen molar-refractivity contribution in [1.82, 2.24) is 4.90 Å². The van der Waals surface area contributed by atoms with Crippen LogP contribution in [0.1, 0.15) is 78.2 Å². The van der Waals surface area contributed by atoms with E-state index in [-0.39, 0.29) is 18.2 Å². The fourth-order valence-electron chi connectivity index (χ4n) is 5.32. The number of amides is 1. The first kappa shape index (κ1) is 23.2. The topological polar surface area (TPSA) is 48.0 Å². The molecule has 0 saturated carbocycles. The van der Waals surface area contributed by atoms with Crippen molar-refractivity contribution in [2.24, 2.45) is 5.92 Å². The summed E-state index contributed by atoms with van der Waals surface area (Å²) in [7, 11) is 0. The Hall–Kier alpha value is -2.01. The Morgan fingerprint density at radius 1 is 1.03 bits per heavy atom. The summed E-state index contributed by atoms with van der Waals surface area (Å²) < 4.78 is 17.3. The van der Waals surface area contributed by atoms with Gasteiger partial charge in [-0.05, 0) is 94.9 Å². The molecule has 1 aromatic carbocycles. The number of carbonyl (C=O) groups excluding carboxylic acids is 1. The molecule has 0 radical (unpaired) electrons. The van der Waals surface area contributed by atoms with Gasteiger partial charge in [-0.1, -0.05) is 24.6 Å². The fourth-order valence-corrected chi connectivity index (χ4v) is 5.32. The maximum atomic E-state index is 13.0. The number of hydrogen-bond acceptors (Lipinski definition) is 4. The molecule has 2 saturated heterocycles. The Kier molecular flexibility index (Phi) is 7.14. The van der Waals surface area contributed by atoms with Gasteiger partial charge in [0.05, 0.1) is 6.61 Å². The third-order valence-electron chi connectivity index (χ3n) is 7.03. The standard InChI is InChI=1S/C27H39NO4/c1-5-20-16-22-8-9-23(28(22)26(29)32-27(2,3)4)17-25(20)21-6-10-24(11-7-21)31-18-19-12-14-30-15-13-19/h6-7,10-11,19,22-23H,5,8-9,12-18H2,1-4H3. The highest BCUT2D eigenvalue weighted by Gasteiger charge is 2.42. The first-order valence-corrected chi connectivity index (χ1v) is 12.4. The number of benzene rings is 1. The minimum absolute atomic E-state index is 0.154. The van der Waals surface area contributed by atoms with Gasteiger partial charge >= 0.3 is 6.09 Å². The van der Waals surface area contributed by atoms with Gasteiger partial charge in [0.25, 0.3) is 0 Å². The summed E-state index contributed by atoms with van der Waals surface area (Å²) in [4.78, 5) is 15.0. The predicted octanol–water partition coefficient (Wildman–Crippen LogP) is 6.22. The van der Waals surface area contributed by atoms with E-state index >= 15 is 0 Å². The largest absolute Gasteiger partial charge is 0.493 e. The summed E-state index contributed by atoms with van der Waals surface area (Å²) in [6.45, 7) is 10.5. The molecule has 4 rings (SSSR count). The van der Waals surface area contributed by atoms with Crippen molar-refractivity contribution >= 4 is 11.7 Å². The van der Waals surface area contributed by atoms with Crippen LogP contribution in [0.4, 0.5) is 4.79 Å². The highest BCUT2D eigenvalue weighted by atomic mass is 16.6. The van der Waals surface area contributed by atoms with E-state index in [1.807, 2.05) is 25.7 Å². The Labute approximate surface area is 193 Å². The van der Waals surface area contributed by atoms with E-state index < -0.39 is 5.60 Å². The molecule has 5 nitrogen and oxygen atoms in total. The molecule has 32 heavy (non-hydrogen) atoms. The van der Waals surface area contributed by atoms with Crippen LogP contribution >= 0.6 is 0 Å². The average Bonchev–Trinajstić information content (AvgIpc) is 3.08. The lowest BCUT2D eigenvalue weighted by Gasteiger charge is -2.31. The van der Waals surface area contributed by atoms with Crippen LogP contribution in [-0.2, 0) is 9.47 Å². The van der Waals surface area contributed by atoms with Gasteiger partial charge < -0.3 is 19.1 Å². The zero-order valence-corrected chi connectivity index (χ0v) is 20.2. The smallest absolute Gasteiger partial charge is 0.410 e. The summed E-state index contributed by atoms with van der Waals surface area (Å²) in [5, 5.41) is 0. The number of rotatable bonds is 5. The Bertz CT molecular complexity index is 817. The lowest BCUT2D eigenvalue weighted by Crippen LogP contribution is -2.43. The van der Waals surface area contributed by atoms with Gasteiger partial charge in [0.2, 0.25) is 0 Å². The molecule has 3 aliphatic heterocycles. The Morgan fingerprint density at radius 2 is 1.69 bits per heavy atom. The van der Waals surface area contributed by atoms with Gasteiger partial charge in [-0.15, -0.1) is 0 Å². The molecular formula is C27H39NO4. The van der Waals surface area contributed by atoms with Gasteiger partial charge in [0, 0.05) is 25.3 Å². The summed E-state index contributed by atoms with van der Waals surface area (Å²) >= 11 is 0. The fraction of sp³-hybridized carbons (Fsp3) is 0.667. The van der Waals surface area contributed by atoms with Crippen molar-refractivity contribution in [2.75, 3.05) is 19.8 Å². The molecule has 5 heteroatoms. The van der Waals surface area contributed by atoms with E-state index in [0.717, 1.165) is 70.5 Å². The second-order valence-corrected chi connectivity index (χ2v) is 10.5. The minimum atomic E-state index is -0.465. The third-order valence-corrected chi connectivity index (χ3v) is 7.03. The minimum Gasteiger partial charge on any atom is -0.493 e. The summed E-state index contributed by atoms with van der Waals surface area (Å²) in [6.07, 6.45) is 7.01. The predicted molar refractivity (Wildman–Crippen MR) is 127 cm³/mol. The molecule has 0 N–H and O–H groups in total.